The Balaban J connectivity index is 3.00. The van der Waals surface area contributed by atoms with Crippen LogP contribution in [0.3, 0.4) is 0 Å². The Kier molecular flexibility index (Phi) is 4.72. The third kappa shape index (κ3) is 5.31. The number of aryl methyl sites for hydroxylation is 1. The summed E-state index contributed by atoms with van der Waals surface area (Å²) < 4.78 is 38.1. The summed E-state index contributed by atoms with van der Waals surface area (Å²) in [6.45, 7) is 7.72. The van der Waals surface area contributed by atoms with Crippen LogP contribution in [0.4, 0.5) is 13.2 Å². The Hall–Kier alpha value is -0.683. The van der Waals surface area contributed by atoms with Crippen molar-refractivity contribution in [2.75, 3.05) is 0 Å². The number of allylic oxidation sites excluding steroid dienone is 1. The first-order valence-electron chi connectivity index (χ1n) is 5.62. The number of alkyl halides is 3. The van der Waals surface area contributed by atoms with Gasteiger partial charge in [-0.15, -0.1) is 0 Å². The van der Waals surface area contributed by atoms with E-state index in [1.807, 2.05) is 50.8 Å². The van der Waals surface area contributed by atoms with E-state index in [1.54, 1.807) is 0 Å². The molecule has 0 aliphatic heterocycles. The van der Waals surface area contributed by atoms with Gasteiger partial charge in [0.1, 0.15) is 0 Å². The van der Waals surface area contributed by atoms with Crippen molar-refractivity contribution in [1.82, 2.24) is 0 Å². The van der Waals surface area contributed by atoms with Crippen LogP contribution >= 0.6 is 11.8 Å². The minimum absolute atomic E-state index is 0.457. The molecule has 0 atom stereocenters. The molecule has 0 aliphatic carbocycles. The Bertz CT molecular complexity index is 427. The fourth-order valence-electron chi connectivity index (χ4n) is 1.28. The lowest BCUT2D eigenvalue weighted by atomic mass is 10.2. The zero-order chi connectivity index (χ0) is 14.0. The molecule has 0 spiro atoms. The van der Waals surface area contributed by atoms with Crippen molar-refractivity contribution in [3.8, 4) is 0 Å². The maximum atomic E-state index is 12.5. The van der Waals surface area contributed by atoms with Crippen molar-refractivity contribution in [2.24, 2.45) is 0 Å². The molecule has 0 amide bonds. The molecule has 1 rings (SSSR count). The van der Waals surface area contributed by atoms with E-state index >= 15 is 0 Å². The molecular weight excluding hydrogens is 273 g/mol. The minimum atomic E-state index is -4.24. The fraction of sp³-hybridized carbons (Fsp3) is 0.385. The molecule has 5 heteroatoms. The van der Waals surface area contributed by atoms with Crippen LogP contribution in [0, 0.1) is 6.92 Å². The topological polar surface area (TPSA) is 0 Å². The first kappa shape index (κ1) is 15.4. The first-order valence-corrected chi connectivity index (χ1v) is 9.94. The predicted molar refractivity (Wildman–Crippen MR) is 74.5 cm³/mol. The average Bonchev–Trinajstić information content (AvgIpc) is 2.17. The molecule has 0 aliphatic rings. The summed E-state index contributed by atoms with van der Waals surface area (Å²) in [6.07, 6.45) is -3.78. The summed E-state index contributed by atoms with van der Waals surface area (Å²) in [5.41, 5.74) is 1.11. The number of thioether (sulfide) groups is 1. The Morgan fingerprint density at radius 2 is 1.61 bits per heavy atom. The van der Waals surface area contributed by atoms with Crippen LogP contribution in [-0.2, 0) is 0 Å². The van der Waals surface area contributed by atoms with Crippen molar-refractivity contribution in [3.05, 3.63) is 40.4 Å². The molecule has 1 aromatic carbocycles. The van der Waals surface area contributed by atoms with E-state index in [9.17, 15) is 13.2 Å². The molecule has 0 N–H and O–H groups in total. The van der Waals surface area contributed by atoms with Crippen LogP contribution in [0.25, 0.3) is 0 Å². The van der Waals surface area contributed by atoms with Crippen molar-refractivity contribution in [2.45, 2.75) is 37.6 Å². The van der Waals surface area contributed by atoms with Gasteiger partial charge in [0.25, 0.3) is 0 Å². The van der Waals surface area contributed by atoms with E-state index in [0.29, 0.717) is 10.6 Å². The van der Waals surface area contributed by atoms with E-state index < -0.39 is 14.3 Å². The summed E-state index contributed by atoms with van der Waals surface area (Å²) in [4.78, 5) is 0.860. The molecular formula is C13H17F3SSi. The molecule has 0 nitrogen and oxygen atoms in total. The average molecular weight is 290 g/mol. The normalized spacial score (nSPS) is 13.8. The van der Waals surface area contributed by atoms with E-state index in [1.165, 1.54) is 11.8 Å². The van der Waals surface area contributed by atoms with Gasteiger partial charge in [-0.05, 0) is 23.6 Å². The van der Waals surface area contributed by atoms with Crippen LogP contribution in [-0.4, -0.2) is 14.3 Å². The van der Waals surface area contributed by atoms with Crippen molar-refractivity contribution in [3.63, 3.8) is 0 Å². The summed E-state index contributed by atoms with van der Waals surface area (Å²) in [6, 6.07) is 7.56. The van der Waals surface area contributed by atoms with Crippen LogP contribution in [0.5, 0.6) is 0 Å². The van der Waals surface area contributed by atoms with Crippen LogP contribution in [0.15, 0.2) is 39.8 Å². The Labute approximate surface area is 111 Å². The lowest BCUT2D eigenvalue weighted by molar-refractivity contribution is -0.0798. The second kappa shape index (κ2) is 5.53. The van der Waals surface area contributed by atoms with Gasteiger partial charge in [-0.3, -0.25) is 0 Å². The molecule has 0 saturated carbocycles. The quantitative estimate of drug-likeness (QED) is 0.530. The highest BCUT2D eigenvalue weighted by Crippen LogP contribution is 2.36. The van der Waals surface area contributed by atoms with E-state index in [4.69, 9.17) is 0 Å². The Morgan fingerprint density at radius 3 is 2.00 bits per heavy atom. The SMILES string of the molecule is Cc1ccc(S/C(=C/C(F)(F)F)[Si](C)(C)C)cc1. The van der Waals surface area contributed by atoms with Gasteiger partial charge in [0.05, 0.1) is 8.07 Å². The molecule has 0 bridgehead atoms. The first-order chi connectivity index (χ1) is 8.08. The maximum absolute atomic E-state index is 12.5. The largest absolute Gasteiger partial charge is 0.410 e. The lowest BCUT2D eigenvalue weighted by Crippen LogP contribution is -2.24. The standard InChI is InChI=1S/C13H17F3SSi/c1-10-5-7-11(8-6-10)17-12(18(2,3)4)9-13(14,15)16/h5-9H,1-4H3/b12-9-. The van der Waals surface area contributed by atoms with Crippen molar-refractivity contribution < 1.29 is 13.2 Å². The third-order valence-corrected chi connectivity index (χ3v) is 6.89. The van der Waals surface area contributed by atoms with Gasteiger partial charge in [0.2, 0.25) is 0 Å². The number of halogens is 3. The van der Waals surface area contributed by atoms with Gasteiger partial charge in [-0.1, -0.05) is 49.1 Å². The molecule has 0 heterocycles. The van der Waals surface area contributed by atoms with Crippen LogP contribution in [0.2, 0.25) is 19.6 Å². The van der Waals surface area contributed by atoms with E-state index in [2.05, 4.69) is 0 Å². The van der Waals surface area contributed by atoms with Crippen LogP contribution < -0.4 is 0 Å². The molecule has 100 valence electrons. The highest BCUT2D eigenvalue weighted by molar-refractivity contribution is 8.05. The van der Waals surface area contributed by atoms with Crippen molar-refractivity contribution in [1.29, 1.82) is 0 Å². The molecule has 1 aromatic rings. The zero-order valence-electron chi connectivity index (χ0n) is 10.9. The van der Waals surface area contributed by atoms with E-state index in [-0.39, 0.29) is 0 Å². The zero-order valence-corrected chi connectivity index (χ0v) is 12.7. The summed E-state index contributed by atoms with van der Waals surface area (Å²) in [5, 5.41) is 0. The molecule has 18 heavy (non-hydrogen) atoms. The predicted octanol–water partition coefficient (Wildman–Crippen LogP) is 5.41. The molecule has 0 fully saturated rings. The lowest BCUT2D eigenvalue weighted by Gasteiger charge is -2.21. The highest BCUT2D eigenvalue weighted by Gasteiger charge is 2.30. The fourth-order valence-corrected chi connectivity index (χ4v) is 4.17. The minimum Gasteiger partial charge on any atom is -0.167 e. The summed E-state index contributed by atoms with van der Waals surface area (Å²) in [7, 11) is -1.99. The second-order valence-electron chi connectivity index (χ2n) is 5.22. The molecule has 0 radical (unpaired) electrons. The monoisotopic (exact) mass is 290 g/mol. The van der Waals surface area contributed by atoms with Crippen molar-refractivity contribution >= 4 is 19.8 Å². The summed E-state index contributed by atoms with van der Waals surface area (Å²) >= 11 is 1.23. The maximum Gasteiger partial charge on any atom is 0.410 e. The second-order valence-corrected chi connectivity index (χ2v) is 11.7. The van der Waals surface area contributed by atoms with Gasteiger partial charge in [-0.25, -0.2) is 0 Å². The third-order valence-electron chi connectivity index (χ3n) is 2.28. The number of hydrogen-bond donors (Lipinski definition) is 0. The highest BCUT2D eigenvalue weighted by atomic mass is 32.2. The van der Waals surface area contributed by atoms with Gasteiger partial charge in [-0.2, -0.15) is 13.2 Å². The smallest absolute Gasteiger partial charge is 0.167 e. The van der Waals surface area contributed by atoms with Crippen LogP contribution in [0.1, 0.15) is 5.56 Å². The number of rotatable bonds is 3. The van der Waals surface area contributed by atoms with Gasteiger partial charge < -0.3 is 0 Å². The number of hydrogen-bond acceptors (Lipinski definition) is 1. The molecule has 0 unspecified atom stereocenters. The molecule has 0 aromatic heterocycles. The molecule has 0 saturated heterocycles. The van der Waals surface area contributed by atoms with Gasteiger partial charge >= 0.3 is 6.18 Å². The number of benzene rings is 1. The summed E-state index contributed by atoms with van der Waals surface area (Å²) in [5.74, 6) is 0. The van der Waals surface area contributed by atoms with Gasteiger partial charge in [0, 0.05) is 11.0 Å². The Morgan fingerprint density at radius 1 is 1.11 bits per heavy atom. The van der Waals surface area contributed by atoms with E-state index in [0.717, 1.165) is 10.5 Å². The van der Waals surface area contributed by atoms with Gasteiger partial charge in [0.15, 0.2) is 0 Å².